The van der Waals surface area contributed by atoms with Crippen molar-refractivity contribution in [2.24, 2.45) is 0 Å². The quantitative estimate of drug-likeness (QED) is 0.774. The summed E-state index contributed by atoms with van der Waals surface area (Å²) in [5.41, 5.74) is -2.56. The second-order valence-corrected chi connectivity index (χ2v) is 7.82. The van der Waals surface area contributed by atoms with Crippen molar-refractivity contribution >= 4 is 17.8 Å². The molecule has 1 saturated carbocycles. The zero-order chi connectivity index (χ0) is 21.4. The summed E-state index contributed by atoms with van der Waals surface area (Å²) in [6, 6.07) is 3.57. The normalized spacial score (nSPS) is 23.3. The van der Waals surface area contributed by atoms with Crippen molar-refractivity contribution < 1.29 is 27.6 Å². The van der Waals surface area contributed by atoms with Crippen molar-refractivity contribution in [1.82, 2.24) is 15.1 Å². The van der Waals surface area contributed by atoms with Gasteiger partial charge in [0.15, 0.2) is 0 Å². The molecule has 1 aromatic carbocycles. The monoisotopic (exact) mass is 411 g/mol. The van der Waals surface area contributed by atoms with Gasteiger partial charge in [0.25, 0.3) is 5.91 Å². The Morgan fingerprint density at radius 1 is 1.24 bits per heavy atom. The summed E-state index contributed by atoms with van der Waals surface area (Å²) in [7, 11) is 1.66. The maximum atomic E-state index is 13.0. The van der Waals surface area contributed by atoms with E-state index in [1.807, 2.05) is 0 Å². The molecule has 1 N–H and O–H groups in total. The number of benzene rings is 1. The van der Waals surface area contributed by atoms with Crippen LogP contribution in [0.3, 0.4) is 0 Å². The number of urea groups is 1. The van der Waals surface area contributed by atoms with E-state index in [1.165, 1.54) is 19.1 Å². The number of rotatable bonds is 4. The lowest BCUT2D eigenvalue weighted by Gasteiger charge is -2.32. The van der Waals surface area contributed by atoms with E-state index in [0.717, 1.165) is 49.1 Å². The first-order valence-corrected chi connectivity index (χ1v) is 9.61. The number of halogens is 3. The molecule has 2 fully saturated rings. The molecule has 1 aromatic rings. The largest absolute Gasteiger partial charge is 0.416 e. The fourth-order valence-electron chi connectivity index (χ4n) is 3.96. The van der Waals surface area contributed by atoms with Gasteiger partial charge in [0.2, 0.25) is 5.91 Å². The Kier molecular flexibility index (Phi) is 5.60. The first-order chi connectivity index (χ1) is 13.5. The zero-order valence-corrected chi connectivity index (χ0v) is 16.4. The molecular weight excluding hydrogens is 387 g/mol. The highest BCUT2D eigenvalue weighted by Gasteiger charge is 2.50. The Bertz CT molecular complexity index is 821. The molecule has 1 aliphatic carbocycles. The van der Waals surface area contributed by atoms with E-state index in [0.29, 0.717) is 0 Å². The Morgan fingerprint density at radius 3 is 2.52 bits per heavy atom. The van der Waals surface area contributed by atoms with E-state index >= 15 is 0 Å². The number of nitrogens with one attached hydrogen (secondary N) is 1. The average molecular weight is 411 g/mol. The van der Waals surface area contributed by atoms with Crippen molar-refractivity contribution in [1.29, 1.82) is 0 Å². The van der Waals surface area contributed by atoms with E-state index in [2.05, 4.69) is 5.32 Å². The van der Waals surface area contributed by atoms with Crippen molar-refractivity contribution in [2.45, 2.75) is 56.8 Å². The van der Waals surface area contributed by atoms with Crippen molar-refractivity contribution in [3.63, 3.8) is 0 Å². The molecule has 6 nitrogen and oxygen atoms in total. The molecule has 0 spiro atoms. The maximum Gasteiger partial charge on any atom is 0.416 e. The lowest BCUT2D eigenvalue weighted by molar-refractivity contribution is -0.139. The molecule has 0 bridgehead atoms. The number of alkyl halides is 3. The smallest absolute Gasteiger partial charge is 0.341 e. The lowest BCUT2D eigenvalue weighted by Crippen LogP contribution is -2.46. The highest BCUT2D eigenvalue weighted by atomic mass is 19.4. The number of likely N-dealkylation sites (N-methyl/N-ethyl adjacent to an activating group) is 1. The van der Waals surface area contributed by atoms with Crippen LogP contribution in [0.5, 0.6) is 0 Å². The lowest BCUT2D eigenvalue weighted by atomic mass is 9.90. The molecule has 0 aromatic heterocycles. The van der Waals surface area contributed by atoms with Crippen molar-refractivity contribution in [2.75, 3.05) is 13.6 Å². The summed E-state index contributed by atoms with van der Waals surface area (Å²) in [6.45, 7) is 0.907. The van der Waals surface area contributed by atoms with Crippen LogP contribution < -0.4 is 5.32 Å². The van der Waals surface area contributed by atoms with Gasteiger partial charge in [-0.05, 0) is 37.5 Å². The molecular formula is C20H24F3N3O3. The number of nitrogens with zero attached hydrogens (tertiary/aromatic N) is 2. The predicted molar refractivity (Wildman–Crippen MR) is 98.7 cm³/mol. The number of amides is 4. The third-order valence-electron chi connectivity index (χ3n) is 5.85. The van der Waals surface area contributed by atoms with Crippen LogP contribution in [0.15, 0.2) is 24.3 Å². The standard InChI is InChI=1S/C20H24F3N3O3/c1-19(13-7-6-8-14(11-13)20(21,22)23)17(28)26(18(29)24-19)12-16(27)25(2)15-9-4-3-5-10-15/h6-8,11,15H,3-5,9-10,12H2,1-2H3,(H,24,29)/t19-/m0/s1. The fraction of sp³-hybridized carbons (Fsp3) is 0.550. The first kappa shape index (κ1) is 21.1. The Balaban J connectivity index is 1.77. The number of hydrogen-bond donors (Lipinski definition) is 1. The molecule has 4 amide bonds. The van der Waals surface area contributed by atoms with Gasteiger partial charge in [0.1, 0.15) is 12.1 Å². The number of carbonyl (C=O) groups excluding carboxylic acids is 3. The van der Waals surface area contributed by atoms with Gasteiger partial charge in [-0.25, -0.2) is 4.79 Å². The number of imide groups is 1. The van der Waals surface area contributed by atoms with Crippen molar-refractivity contribution in [3.8, 4) is 0 Å². The van der Waals surface area contributed by atoms with Gasteiger partial charge >= 0.3 is 12.2 Å². The second kappa shape index (κ2) is 7.68. The van der Waals surface area contributed by atoms with E-state index in [1.54, 1.807) is 11.9 Å². The van der Waals surface area contributed by atoms with Gasteiger partial charge in [-0.15, -0.1) is 0 Å². The summed E-state index contributed by atoms with van der Waals surface area (Å²) in [5, 5.41) is 2.45. The fourth-order valence-corrected chi connectivity index (χ4v) is 3.96. The second-order valence-electron chi connectivity index (χ2n) is 7.82. The molecule has 2 aliphatic rings. The topological polar surface area (TPSA) is 69.7 Å². The van der Waals surface area contributed by atoms with Crippen LogP contribution in [0.25, 0.3) is 0 Å². The molecule has 1 atom stereocenters. The van der Waals surface area contributed by atoms with Gasteiger partial charge < -0.3 is 10.2 Å². The van der Waals surface area contributed by atoms with Crippen LogP contribution in [-0.4, -0.2) is 47.3 Å². The molecule has 9 heteroatoms. The first-order valence-electron chi connectivity index (χ1n) is 9.61. The minimum atomic E-state index is -4.57. The third kappa shape index (κ3) is 4.09. The Morgan fingerprint density at radius 2 is 1.90 bits per heavy atom. The van der Waals surface area contributed by atoms with E-state index in [4.69, 9.17) is 0 Å². The molecule has 29 heavy (non-hydrogen) atoms. The highest BCUT2D eigenvalue weighted by molar-refractivity contribution is 6.09. The summed E-state index contributed by atoms with van der Waals surface area (Å²) >= 11 is 0. The van der Waals surface area contributed by atoms with E-state index < -0.39 is 35.8 Å². The summed E-state index contributed by atoms with van der Waals surface area (Å²) in [5.74, 6) is -1.11. The van der Waals surface area contributed by atoms with E-state index in [-0.39, 0.29) is 17.5 Å². The highest BCUT2D eigenvalue weighted by Crippen LogP contribution is 2.34. The van der Waals surface area contributed by atoms with Gasteiger partial charge in [-0.2, -0.15) is 13.2 Å². The maximum absolute atomic E-state index is 13.0. The predicted octanol–water partition coefficient (Wildman–Crippen LogP) is 3.26. The van der Waals surface area contributed by atoms with Gasteiger partial charge in [-0.1, -0.05) is 31.4 Å². The number of carbonyl (C=O) groups is 3. The summed E-state index contributed by atoms with van der Waals surface area (Å²) in [4.78, 5) is 40.3. The van der Waals surface area contributed by atoms with Gasteiger partial charge in [0, 0.05) is 13.1 Å². The van der Waals surface area contributed by atoms with Crippen LogP contribution in [0.1, 0.15) is 50.2 Å². The Labute approximate surface area is 167 Å². The summed E-state index contributed by atoms with van der Waals surface area (Å²) < 4.78 is 39.1. The molecule has 1 saturated heterocycles. The average Bonchev–Trinajstić information content (AvgIpc) is 2.91. The van der Waals surface area contributed by atoms with Crippen LogP contribution in [-0.2, 0) is 21.3 Å². The SMILES string of the molecule is CN(C(=O)CN1C(=O)N[C@@](C)(c2cccc(C(F)(F)F)c2)C1=O)C1CCCCC1. The molecule has 1 aliphatic heterocycles. The van der Waals surface area contributed by atoms with Crippen LogP contribution in [0.2, 0.25) is 0 Å². The van der Waals surface area contributed by atoms with Crippen LogP contribution in [0.4, 0.5) is 18.0 Å². The Hall–Kier alpha value is -2.58. The summed E-state index contributed by atoms with van der Waals surface area (Å²) in [6.07, 6.45) is 0.365. The zero-order valence-electron chi connectivity index (χ0n) is 16.4. The molecule has 1 heterocycles. The van der Waals surface area contributed by atoms with Gasteiger partial charge in [0.05, 0.1) is 5.56 Å². The minimum Gasteiger partial charge on any atom is -0.341 e. The van der Waals surface area contributed by atoms with E-state index in [9.17, 15) is 27.6 Å². The van der Waals surface area contributed by atoms with Gasteiger partial charge in [-0.3, -0.25) is 14.5 Å². The molecule has 3 rings (SSSR count). The molecule has 0 radical (unpaired) electrons. The van der Waals surface area contributed by atoms with Crippen LogP contribution >= 0.6 is 0 Å². The molecule has 0 unspecified atom stereocenters. The third-order valence-corrected chi connectivity index (χ3v) is 5.85. The van der Waals surface area contributed by atoms with Crippen molar-refractivity contribution in [3.05, 3.63) is 35.4 Å². The number of hydrogen-bond acceptors (Lipinski definition) is 3. The minimum absolute atomic E-state index is 0.0151. The van der Waals surface area contributed by atoms with Crippen LogP contribution in [0, 0.1) is 0 Å². The molecule has 158 valence electrons.